The lowest BCUT2D eigenvalue weighted by atomic mass is 10.2. The number of aromatic nitrogens is 1. The fourth-order valence-corrected chi connectivity index (χ4v) is 4.70. The first kappa shape index (κ1) is 21.5. The minimum absolute atomic E-state index is 0.0624. The summed E-state index contributed by atoms with van der Waals surface area (Å²) in [5.41, 5.74) is 1.89. The summed E-state index contributed by atoms with van der Waals surface area (Å²) < 4.78 is 6.57. The van der Waals surface area contributed by atoms with Crippen LogP contribution in [0, 0.1) is 6.92 Å². The number of aryl methyl sites for hydroxylation is 1. The molecule has 0 saturated heterocycles. The van der Waals surface area contributed by atoms with E-state index in [1.54, 1.807) is 18.3 Å². The van der Waals surface area contributed by atoms with Crippen LogP contribution in [0.25, 0.3) is 10.6 Å². The quantitative estimate of drug-likeness (QED) is 0.485. The molecule has 2 N–H and O–H groups in total. The molecule has 0 fully saturated rings. The van der Waals surface area contributed by atoms with E-state index < -0.39 is 6.10 Å². The van der Waals surface area contributed by atoms with Gasteiger partial charge in [-0.15, -0.1) is 22.7 Å². The smallest absolute Gasteiger partial charge is 0.266 e. The molecule has 29 heavy (non-hydrogen) atoms. The van der Waals surface area contributed by atoms with Crippen molar-refractivity contribution in [2.45, 2.75) is 33.4 Å². The lowest BCUT2D eigenvalue weighted by Gasteiger charge is -2.15. The predicted molar refractivity (Wildman–Crippen MR) is 121 cm³/mol. The summed E-state index contributed by atoms with van der Waals surface area (Å²) in [6.07, 6.45) is -0.674. The Kier molecular flexibility index (Phi) is 7.05. The number of ether oxygens (including phenoxy) is 1. The first-order valence-corrected chi connectivity index (χ1v) is 11.3. The van der Waals surface area contributed by atoms with Crippen LogP contribution in [-0.4, -0.2) is 22.9 Å². The highest BCUT2D eigenvalue weighted by atomic mass is 79.9. The summed E-state index contributed by atoms with van der Waals surface area (Å²) in [5, 5.41) is 7.99. The first-order chi connectivity index (χ1) is 13.8. The molecule has 0 aliphatic carbocycles. The lowest BCUT2D eigenvalue weighted by molar-refractivity contribution is -0.122. The van der Waals surface area contributed by atoms with Gasteiger partial charge in [-0.2, -0.15) is 0 Å². The molecule has 1 unspecified atom stereocenters. The molecular formula is C20H20BrN3O3S2. The number of anilines is 1. The van der Waals surface area contributed by atoms with E-state index in [-0.39, 0.29) is 11.8 Å². The average Bonchev–Trinajstić information content (AvgIpc) is 3.31. The zero-order chi connectivity index (χ0) is 21.0. The lowest BCUT2D eigenvalue weighted by Crippen LogP contribution is -2.30. The molecule has 3 rings (SSSR count). The number of hydrogen-bond acceptors (Lipinski definition) is 6. The molecule has 0 radical (unpaired) electrons. The Bertz CT molecular complexity index is 1030. The number of amides is 2. The van der Waals surface area contributed by atoms with Gasteiger partial charge in [-0.25, -0.2) is 4.98 Å². The van der Waals surface area contributed by atoms with E-state index in [1.807, 2.05) is 42.6 Å². The van der Waals surface area contributed by atoms with Gasteiger partial charge in [0.15, 0.2) is 11.2 Å². The van der Waals surface area contributed by atoms with E-state index in [9.17, 15) is 9.59 Å². The van der Waals surface area contributed by atoms with Gasteiger partial charge >= 0.3 is 0 Å². The Hall–Kier alpha value is -2.23. The van der Waals surface area contributed by atoms with Crippen LogP contribution in [0.1, 0.15) is 24.3 Å². The number of carbonyl (C=O) groups is 2. The number of hydrogen-bond donors (Lipinski definition) is 2. The Balaban J connectivity index is 1.60. The standard InChI is InChI=1S/C20H20BrN3O3S2/c1-11-4-6-17(15(21)8-11)27-12(2)19(26)24-20-23-16(10-28-20)18-7-5-14(29-18)9-22-13(3)25/h4-8,10,12H,9H2,1-3H3,(H,22,25)(H,23,24,26). The number of carbonyl (C=O) groups excluding carboxylic acids is 2. The molecule has 2 heterocycles. The zero-order valence-corrected chi connectivity index (χ0v) is 19.3. The molecule has 2 amide bonds. The number of nitrogens with one attached hydrogen (secondary N) is 2. The van der Waals surface area contributed by atoms with Gasteiger partial charge in [0.05, 0.1) is 21.6 Å². The monoisotopic (exact) mass is 493 g/mol. The van der Waals surface area contributed by atoms with Crippen molar-refractivity contribution in [1.82, 2.24) is 10.3 Å². The molecule has 9 heteroatoms. The van der Waals surface area contributed by atoms with Crippen LogP contribution in [0.5, 0.6) is 5.75 Å². The molecule has 152 valence electrons. The Morgan fingerprint density at radius 1 is 1.28 bits per heavy atom. The predicted octanol–water partition coefficient (Wildman–Crippen LogP) is 4.98. The maximum atomic E-state index is 12.5. The number of rotatable bonds is 7. The van der Waals surface area contributed by atoms with Crippen LogP contribution in [-0.2, 0) is 16.1 Å². The number of benzene rings is 1. The van der Waals surface area contributed by atoms with E-state index in [1.165, 1.54) is 18.3 Å². The summed E-state index contributed by atoms with van der Waals surface area (Å²) in [7, 11) is 0. The molecular weight excluding hydrogens is 474 g/mol. The third-order valence-electron chi connectivity index (χ3n) is 3.92. The maximum Gasteiger partial charge on any atom is 0.266 e. The third-order valence-corrected chi connectivity index (χ3v) is 6.41. The van der Waals surface area contributed by atoms with Gasteiger partial charge in [0, 0.05) is 17.2 Å². The highest BCUT2D eigenvalue weighted by molar-refractivity contribution is 9.10. The zero-order valence-electron chi connectivity index (χ0n) is 16.1. The molecule has 6 nitrogen and oxygen atoms in total. The van der Waals surface area contributed by atoms with Crippen molar-refractivity contribution in [2.75, 3.05) is 5.32 Å². The van der Waals surface area contributed by atoms with Crippen molar-refractivity contribution in [2.24, 2.45) is 0 Å². The van der Waals surface area contributed by atoms with E-state index in [4.69, 9.17) is 4.74 Å². The summed E-state index contributed by atoms with van der Waals surface area (Å²) in [6, 6.07) is 9.62. The summed E-state index contributed by atoms with van der Waals surface area (Å²) >= 11 is 6.37. The van der Waals surface area contributed by atoms with Crippen LogP contribution < -0.4 is 15.4 Å². The fraction of sp³-hybridized carbons (Fsp3) is 0.250. The van der Waals surface area contributed by atoms with Crippen LogP contribution >= 0.6 is 38.6 Å². The normalized spacial score (nSPS) is 11.7. The van der Waals surface area contributed by atoms with Crippen molar-refractivity contribution < 1.29 is 14.3 Å². The van der Waals surface area contributed by atoms with Gasteiger partial charge in [0.25, 0.3) is 5.91 Å². The van der Waals surface area contributed by atoms with Crippen molar-refractivity contribution in [3.63, 3.8) is 0 Å². The Labute approximate surface area is 185 Å². The van der Waals surface area contributed by atoms with Gasteiger partial charge in [0.1, 0.15) is 5.75 Å². The highest BCUT2D eigenvalue weighted by Crippen LogP contribution is 2.31. The summed E-state index contributed by atoms with van der Waals surface area (Å²) in [4.78, 5) is 30.0. The highest BCUT2D eigenvalue weighted by Gasteiger charge is 2.18. The molecule has 0 bridgehead atoms. The maximum absolute atomic E-state index is 12.5. The minimum atomic E-state index is -0.674. The molecule has 1 aromatic carbocycles. The third kappa shape index (κ3) is 5.88. The topological polar surface area (TPSA) is 80.3 Å². The average molecular weight is 494 g/mol. The van der Waals surface area contributed by atoms with E-state index in [2.05, 4.69) is 31.5 Å². The van der Waals surface area contributed by atoms with Crippen LogP contribution in [0.15, 0.2) is 40.2 Å². The van der Waals surface area contributed by atoms with Gasteiger partial charge < -0.3 is 10.1 Å². The van der Waals surface area contributed by atoms with Crippen molar-refractivity contribution >= 4 is 55.5 Å². The van der Waals surface area contributed by atoms with Gasteiger partial charge in [0.2, 0.25) is 5.91 Å². The number of halogens is 1. The van der Waals surface area contributed by atoms with Crippen molar-refractivity contribution in [3.8, 4) is 16.3 Å². The minimum Gasteiger partial charge on any atom is -0.480 e. The Morgan fingerprint density at radius 2 is 2.07 bits per heavy atom. The summed E-state index contributed by atoms with van der Waals surface area (Å²) in [6.45, 7) is 5.67. The molecule has 2 aromatic heterocycles. The fourth-order valence-electron chi connectivity index (χ4n) is 2.42. The largest absolute Gasteiger partial charge is 0.480 e. The van der Waals surface area contributed by atoms with Crippen molar-refractivity contribution in [1.29, 1.82) is 0 Å². The number of thiazole rings is 1. The Morgan fingerprint density at radius 3 is 2.79 bits per heavy atom. The second-order valence-corrected chi connectivity index (χ2v) is 9.28. The van der Waals surface area contributed by atoms with Crippen molar-refractivity contribution in [3.05, 3.63) is 50.6 Å². The second kappa shape index (κ2) is 9.51. The number of thiophene rings is 1. The summed E-state index contributed by atoms with van der Waals surface area (Å²) in [5.74, 6) is 0.284. The molecule has 1 atom stereocenters. The van der Waals surface area contributed by atoms with Crippen LogP contribution in [0.4, 0.5) is 5.13 Å². The van der Waals surface area contributed by atoms with Gasteiger partial charge in [-0.05, 0) is 59.6 Å². The van der Waals surface area contributed by atoms with Crippen LogP contribution in [0.3, 0.4) is 0 Å². The SMILES string of the molecule is CC(=O)NCc1ccc(-c2csc(NC(=O)C(C)Oc3ccc(C)cc3Br)n2)s1. The van der Waals surface area contributed by atoms with E-state index in [0.29, 0.717) is 17.4 Å². The molecule has 3 aromatic rings. The molecule has 0 spiro atoms. The molecule has 0 saturated carbocycles. The van der Waals surface area contributed by atoms with Crippen LogP contribution in [0.2, 0.25) is 0 Å². The van der Waals surface area contributed by atoms with Gasteiger partial charge in [-0.1, -0.05) is 6.07 Å². The van der Waals surface area contributed by atoms with E-state index >= 15 is 0 Å². The second-order valence-electron chi connectivity index (χ2n) is 6.40. The first-order valence-electron chi connectivity index (χ1n) is 8.84. The van der Waals surface area contributed by atoms with Gasteiger partial charge in [-0.3, -0.25) is 14.9 Å². The molecule has 0 aliphatic heterocycles. The number of nitrogens with zero attached hydrogens (tertiary/aromatic N) is 1. The molecule has 0 aliphatic rings. The van der Waals surface area contributed by atoms with E-state index in [0.717, 1.165) is 25.5 Å².